The molecule has 0 heterocycles. The maximum atomic E-state index is 11.2. The quantitative estimate of drug-likeness (QED) is 0.452. The van der Waals surface area contributed by atoms with Gasteiger partial charge in [0, 0.05) is 10.4 Å². The molecule has 1 rings (SSSR count). The molecule has 0 bridgehead atoms. The normalized spacial score (nSPS) is 11.1. The van der Waals surface area contributed by atoms with Crippen LogP contribution in [0.3, 0.4) is 0 Å². The van der Waals surface area contributed by atoms with Gasteiger partial charge in [-0.25, -0.2) is 4.79 Å². The number of carbonyl (C=O) groups is 1. The monoisotopic (exact) mass is 228 g/mol. The highest BCUT2D eigenvalue weighted by Crippen LogP contribution is 2.27. The minimum Gasteiger partial charge on any atom is -0.465 e. The molecule has 0 amide bonds. The average Bonchev–Trinajstić information content (AvgIpc) is 2.26. The molecule has 0 aromatic heterocycles. The van der Waals surface area contributed by atoms with Crippen molar-refractivity contribution in [1.82, 2.24) is 0 Å². The first-order valence-corrected chi connectivity index (χ1v) is 5.15. The van der Waals surface area contributed by atoms with Crippen molar-refractivity contribution in [3.05, 3.63) is 40.8 Å². The van der Waals surface area contributed by atoms with Crippen molar-refractivity contribution in [3.63, 3.8) is 0 Å². The van der Waals surface area contributed by atoms with E-state index < -0.39 is 5.97 Å². The molecule has 4 heteroatoms. The van der Waals surface area contributed by atoms with Crippen molar-refractivity contribution in [1.29, 1.82) is 0 Å². The van der Waals surface area contributed by atoms with E-state index in [2.05, 4.69) is 4.74 Å². The van der Waals surface area contributed by atoms with E-state index >= 15 is 0 Å². The van der Waals surface area contributed by atoms with Gasteiger partial charge in [0.2, 0.25) is 0 Å². The fraction of sp³-hybridized carbons (Fsp3) is 0.100. The fourth-order valence-electron chi connectivity index (χ4n) is 0.825. The third-order valence-electron chi connectivity index (χ3n) is 1.46. The van der Waals surface area contributed by atoms with Crippen molar-refractivity contribution in [3.8, 4) is 0 Å². The highest BCUT2D eigenvalue weighted by atomic mass is 35.5. The standard InChI is InChI=1S/C10H9ClO2S/c1-13-10(12)9(7-11)14-8-5-3-2-4-6-8/h2-7H,1H3/b9-7-. The number of halogens is 1. The van der Waals surface area contributed by atoms with Crippen molar-refractivity contribution < 1.29 is 9.53 Å². The molecule has 0 fully saturated rings. The summed E-state index contributed by atoms with van der Waals surface area (Å²) < 4.78 is 4.56. The van der Waals surface area contributed by atoms with Gasteiger partial charge in [-0.15, -0.1) is 0 Å². The third kappa shape index (κ3) is 3.09. The molecule has 0 N–H and O–H groups in total. The number of hydrogen-bond donors (Lipinski definition) is 0. The lowest BCUT2D eigenvalue weighted by Crippen LogP contribution is -2.00. The van der Waals surface area contributed by atoms with Crippen molar-refractivity contribution >= 4 is 29.3 Å². The Hall–Kier alpha value is -0.930. The summed E-state index contributed by atoms with van der Waals surface area (Å²) in [5.74, 6) is -0.422. The van der Waals surface area contributed by atoms with E-state index in [0.29, 0.717) is 4.91 Å². The van der Waals surface area contributed by atoms with Gasteiger partial charge in [0.25, 0.3) is 0 Å². The first-order valence-electron chi connectivity index (χ1n) is 3.89. The molecule has 0 spiro atoms. The van der Waals surface area contributed by atoms with Crippen LogP contribution in [0.25, 0.3) is 0 Å². The average molecular weight is 229 g/mol. The number of methoxy groups -OCH3 is 1. The molecule has 14 heavy (non-hydrogen) atoms. The molecule has 1 aromatic carbocycles. The predicted octanol–water partition coefficient (Wildman–Crippen LogP) is 3.03. The van der Waals surface area contributed by atoms with Gasteiger partial charge in [0.15, 0.2) is 0 Å². The zero-order valence-electron chi connectivity index (χ0n) is 7.57. The second-order valence-corrected chi connectivity index (χ2v) is 3.71. The zero-order chi connectivity index (χ0) is 10.4. The Morgan fingerprint density at radius 2 is 2.07 bits per heavy atom. The SMILES string of the molecule is COC(=O)/C(=C/Cl)Sc1ccccc1. The molecule has 0 atom stereocenters. The lowest BCUT2D eigenvalue weighted by atomic mass is 10.4. The number of ether oxygens (including phenoxy) is 1. The van der Waals surface area contributed by atoms with E-state index in [0.717, 1.165) is 4.90 Å². The zero-order valence-corrected chi connectivity index (χ0v) is 9.14. The Morgan fingerprint density at radius 1 is 1.43 bits per heavy atom. The van der Waals surface area contributed by atoms with Gasteiger partial charge in [-0.2, -0.15) is 0 Å². The van der Waals surface area contributed by atoms with Gasteiger partial charge in [0.1, 0.15) is 4.91 Å². The summed E-state index contributed by atoms with van der Waals surface area (Å²) in [5, 5.41) is 0. The summed E-state index contributed by atoms with van der Waals surface area (Å²) >= 11 is 6.78. The minimum atomic E-state index is -0.422. The molecular formula is C10H9ClO2S. The molecule has 0 aliphatic rings. The molecule has 0 aliphatic carbocycles. The van der Waals surface area contributed by atoms with E-state index in [1.165, 1.54) is 24.4 Å². The van der Waals surface area contributed by atoms with E-state index in [1.807, 2.05) is 30.3 Å². The lowest BCUT2D eigenvalue weighted by Gasteiger charge is -2.02. The van der Waals surface area contributed by atoms with Crippen LogP contribution in [0, 0.1) is 0 Å². The highest BCUT2D eigenvalue weighted by molar-refractivity contribution is 8.04. The number of rotatable bonds is 3. The van der Waals surface area contributed by atoms with Gasteiger partial charge >= 0.3 is 5.97 Å². The van der Waals surface area contributed by atoms with Crippen LogP contribution in [0.5, 0.6) is 0 Å². The van der Waals surface area contributed by atoms with E-state index in [9.17, 15) is 4.79 Å². The second-order valence-electron chi connectivity index (χ2n) is 2.38. The smallest absolute Gasteiger partial charge is 0.345 e. The van der Waals surface area contributed by atoms with Crippen LogP contribution >= 0.6 is 23.4 Å². The molecule has 0 unspecified atom stereocenters. The van der Waals surface area contributed by atoms with Crippen LogP contribution in [0.15, 0.2) is 45.7 Å². The third-order valence-corrected chi connectivity index (χ3v) is 2.82. The number of thioether (sulfide) groups is 1. The molecule has 0 saturated carbocycles. The van der Waals surface area contributed by atoms with Crippen molar-refractivity contribution in [2.45, 2.75) is 4.90 Å². The first-order chi connectivity index (χ1) is 6.77. The Morgan fingerprint density at radius 3 is 2.57 bits per heavy atom. The van der Waals surface area contributed by atoms with Crippen LogP contribution < -0.4 is 0 Å². The molecular weight excluding hydrogens is 220 g/mol. The Balaban J connectivity index is 2.73. The molecule has 0 radical (unpaired) electrons. The number of hydrogen-bond acceptors (Lipinski definition) is 3. The molecule has 0 saturated heterocycles. The summed E-state index contributed by atoms with van der Waals surface area (Å²) in [7, 11) is 1.33. The second kappa shape index (κ2) is 5.73. The Bertz CT molecular complexity index is 335. The van der Waals surface area contributed by atoms with Gasteiger partial charge in [-0.05, 0) is 12.1 Å². The van der Waals surface area contributed by atoms with Crippen molar-refractivity contribution in [2.75, 3.05) is 7.11 Å². The first kappa shape index (κ1) is 11.1. The van der Waals surface area contributed by atoms with Crippen LogP contribution in [0.2, 0.25) is 0 Å². The predicted molar refractivity (Wildman–Crippen MR) is 58.3 cm³/mol. The van der Waals surface area contributed by atoms with Gasteiger partial charge in [-0.1, -0.05) is 41.6 Å². The van der Waals surface area contributed by atoms with Crippen molar-refractivity contribution in [2.24, 2.45) is 0 Å². The Labute approximate surface area is 91.9 Å². The fourth-order valence-corrected chi connectivity index (χ4v) is 1.81. The molecule has 0 aliphatic heterocycles. The summed E-state index contributed by atoms with van der Waals surface area (Å²) in [4.78, 5) is 12.5. The van der Waals surface area contributed by atoms with E-state index in [-0.39, 0.29) is 0 Å². The summed E-state index contributed by atoms with van der Waals surface area (Å²) in [6.45, 7) is 0. The summed E-state index contributed by atoms with van der Waals surface area (Å²) in [5.41, 5.74) is 1.23. The van der Waals surface area contributed by atoms with Gasteiger partial charge in [-0.3, -0.25) is 0 Å². The summed E-state index contributed by atoms with van der Waals surface area (Å²) in [6, 6.07) is 9.49. The van der Waals surface area contributed by atoms with Crippen LogP contribution in [0.1, 0.15) is 0 Å². The van der Waals surface area contributed by atoms with Crippen LogP contribution in [-0.2, 0) is 9.53 Å². The van der Waals surface area contributed by atoms with E-state index in [4.69, 9.17) is 11.6 Å². The summed E-state index contributed by atoms with van der Waals surface area (Å²) in [6.07, 6.45) is 0. The largest absolute Gasteiger partial charge is 0.465 e. The van der Waals surface area contributed by atoms with Gasteiger partial charge in [0.05, 0.1) is 7.11 Å². The number of carbonyl (C=O) groups excluding carboxylic acids is 1. The maximum Gasteiger partial charge on any atom is 0.345 e. The number of benzene rings is 1. The number of esters is 1. The molecule has 74 valence electrons. The lowest BCUT2D eigenvalue weighted by molar-refractivity contribution is -0.135. The van der Waals surface area contributed by atoms with E-state index in [1.54, 1.807) is 0 Å². The molecule has 1 aromatic rings. The highest BCUT2D eigenvalue weighted by Gasteiger charge is 2.10. The minimum absolute atomic E-state index is 0.375. The topological polar surface area (TPSA) is 26.3 Å². The van der Waals surface area contributed by atoms with Crippen LogP contribution in [-0.4, -0.2) is 13.1 Å². The van der Waals surface area contributed by atoms with Crippen LogP contribution in [0.4, 0.5) is 0 Å². The maximum absolute atomic E-state index is 11.2. The Kier molecular flexibility index (Phi) is 4.56. The van der Waals surface area contributed by atoms with Gasteiger partial charge < -0.3 is 4.74 Å². The molecule has 2 nitrogen and oxygen atoms in total.